The first kappa shape index (κ1) is 12.9. The summed E-state index contributed by atoms with van der Waals surface area (Å²) in [6, 6.07) is 4.23. The summed E-state index contributed by atoms with van der Waals surface area (Å²) < 4.78 is 2.15. The number of alkyl halides is 1. The normalized spacial score (nSPS) is 9.15. The molecule has 0 amide bonds. The van der Waals surface area contributed by atoms with E-state index >= 15 is 0 Å². The average molecular weight is 310 g/mol. The molecular weight excluding hydrogens is 296 g/mol. The van der Waals surface area contributed by atoms with Crippen molar-refractivity contribution in [2.45, 2.75) is 6.54 Å². The molecule has 13 heavy (non-hydrogen) atoms. The van der Waals surface area contributed by atoms with Crippen LogP contribution < -0.4 is 26.4 Å². The molecule has 4 heteroatoms. The first-order valence-electron chi connectivity index (χ1n) is 3.96. The first-order chi connectivity index (χ1) is 5.74. The molecule has 0 atom stereocenters. The van der Waals surface area contributed by atoms with Gasteiger partial charge < -0.3 is 21.9 Å². The molecule has 0 N–H and O–H groups in total. The van der Waals surface area contributed by atoms with Crippen LogP contribution in [0.2, 0.25) is 0 Å². The summed E-state index contributed by atoms with van der Waals surface area (Å²) in [5, 5.41) is 0.999. The van der Waals surface area contributed by atoms with Crippen molar-refractivity contribution in [3.8, 4) is 0 Å². The van der Waals surface area contributed by atoms with Gasteiger partial charge in [-0.3, -0.25) is 0 Å². The fourth-order valence-corrected chi connectivity index (χ4v) is 1.40. The van der Waals surface area contributed by atoms with E-state index in [0.717, 1.165) is 11.9 Å². The third kappa shape index (κ3) is 4.09. The van der Waals surface area contributed by atoms with Gasteiger partial charge in [0.1, 0.15) is 0 Å². The zero-order valence-corrected chi connectivity index (χ0v) is 11.0. The van der Waals surface area contributed by atoms with Gasteiger partial charge in [-0.2, -0.15) is 0 Å². The van der Waals surface area contributed by atoms with E-state index in [1.807, 2.05) is 14.1 Å². The van der Waals surface area contributed by atoms with E-state index in [1.54, 1.807) is 0 Å². The third-order valence-corrected chi connectivity index (χ3v) is 2.09. The van der Waals surface area contributed by atoms with E-state index < -0.39 is 0 Å². The maximum atomic E-state index is 3.40. The Kier molecular flexibility index (Phi) is 6.33. The Labute approximate surface area is 98.5 Å². The summed E-state index contributed by atoms with van der Waals surface area (Å²) in [6.07, 6.45) is 4.19. The van der Waals surface area contributed by atoms with Gasteiger partial charge in [0.05, 0.1) is 5.33 Å². The summed E-state index contributed by atoms with van der Waals surface area (Å²) in [5.41, 5.74) is 1.24. The summed E-state index contributed by atoms with van der Waals surface area (Å²) in [7, 11) is 4.09. The quantitative estimate of drug-likeness (QED) is 0.484. The van der Waals surface area contributed by atoms with Crippen LogP contribution in [0.5, 0.6) is 0 Å². The number of pyridine rings is 1. The average Bonchev–Trinajstić information content (AvgIpc) is 2.06. The number of hydrogen-bond donors (Lipinski definition) is 0. The predicted molar refractivity (Wildman–Crippen MR) is 54.8 cm³/mol. The van der Waals surface area contributed by atoms with Crippen molar-refractivity contribution in [1.82, 2.24) is 0 Å². The Balaban J connectivity index is 0.00000144. The SMILES string of the molecule is CN(C)c1cc[n+](CCBr)cc1.[Br-]. The van der Waals surface area contributed by atoms with Gasteiger partial charge in [0.15, 0.2) is 18.9 Å². The lowest BCUT2D eigenvalue weighted by Crippen LogP contribution is -3.00. The van der Waals surface area contributed by atoms with E-state index in [0.29, 0.717) is 0 Å². The van der Waals surface area contributed by atoms with Gasteiger partial charge >= 0.3 is 0 Å². The van der Waals surface area contributed by atoms with Crippen LogP contribution in [-0.2, 0) is 6.54 Å². The Morgan fingerprint density at radius 3 is 2.23 bits per heavy atom. The zero-order valence-electron chi connectivity index (χ0n) is 7.87. The molecule has 0 spiro atoms. The molecule has 0 saturated heterocycles. The lowest BCUT2D eigenvalue weighted by atomic mass is 10.4. The number of hydrogen-bond acceptors (Lipinski definition) is 1. The standard InChI is InChI=1S/C9H14BrN2.BrH/c1-11(2)9-3-6-12(7-4-9)8-5-10;/h3-4,6-7H,5,8H2,1-2H3;1H/q+1;/p-1. The largest absolute Gasteiger partial charge is 1.00 e. The zero-order chi connectivity index (χ0) is 8.97. The van der Waals surface area contributed by atoms with Gasteiger partial charge in [-0.15, -0.1) is 0 Å². The molecule has 0 bridgehead atoms. The van der Waals surface area contributed by atoms with Crippen LogP contribution in [0.1, 0.15) is 0 Å². The number of halogens is 2. The molecule has 2 nitrogen and oxygen atoms in total. The molecule has 1 rings (SSSR count). The van der Waals surface area contributed by atoms with E-state index in [2.05, 4.69) is 49.9 Å². The second-order valence-electron chi connectivity index (χ2n) is 2.88. The second kappa shape index (κ2) is 6.38. The smallest absolute Gasteiger partial charge is 0.170 e. The van der Waals surface area contributed by atoms with Crippen molar-refractivity contribution in [1.29, 1.82) is 0 Å². The first-order valence-corrected chi connectivity index (χ1v) is 5.08. The van der Waals surface area contributed by atoms with Crippen LogP contribution in [-0.4, -0.2) is 19.4 Å². The maximum absolute atomic E-state index is 3.40. The molecular formula is C9H14Br2N2. The number of anilines is 1. The van der Waals surface area contributed by atoms with Gasteiger partial charge in [0, 0.05) is 31.9 Å². The minimum atomic E-state index is 0. The molecule has 1 aromatic heterocycles. The summed E-state index contributed by atoms with van der Waals surface area (Å²) in [5.74, 6) is 0. The van der Waals surface area contributed by atoms with Crippen LogP contribution in [0, 0.1) is 0 Å². The highest BCUT2D eigenvalue weighted by Crippen LogP contribution is 2.05. The number of rotatable bonds is 3. The summed E-state index contributed by atoms with van der Waals surface area (Å²) >= 11 is 3.40. The van der Waals surface area contributed by atoms with Crippen molar-refractivity contribution in [2.75, 3.05) is 24.3 Å². The molecule has 0 aliphatic rings. The van der Waals surface area contributed by atoms with Gasteiger partial charge in [-0.1, -0.05) is 15.9 Å². The maximum Gasteiger partial charge on any atom is 0.170 e. The lowest BCUT2D eigenvalue weighted by molar-refractivity contribution is -0.692. The van der Waals surface area contributed by atoms with Gasteiger partial charge in [0.25, 0.3) is 0 Å². The van der Waals surface area contributed by atoms with Gasteiger partial charge in [-0.05, 0) is 0 Å². The van der Waals surface area contributed by atoms with Crippen LogP contribution in [0.25, 0.3) is 0 Å². The molecule has 0 saturated carbocycles. The second-order valence-corrected chi connectivity index (χ2v) is 3.67. The Bertz CT molecular complexity index is 234. The van der Waals surface area contributed by atoms with Crippen molar-refractivity contribution < 1.29 is 21.5 Å². The third-order valence-electron chi connectivity index (χ3n) is 1.73. The predicted octanol–water partition coefficient (Wildman–Crippen LogP) is -1.56. The highest BCUT2D eigenvalue weighted by atomic mass is 79.9. The summed E-state index contributed by atoms with van der Waals surface area (Å²) in [4.78, 5) is 2.10. The minimum Gasteiger partial charge on any atom is -1.00 e. The van der Waals surface area contributed by atoms with Crippen LogP contribution in [0.15, 0.2) is 24.5 Å². The molecule has 0 aliphatic heterocycles. The van der Waals surface area contributed by atoms with Gasteiger partial charge in [0.2, 0.25) is 0 Å². The highest BCUT2D eigenvalue weighted by Gasteiger charge is 1.99. The Hall–Kier alpha value is -0.0900. The Morgan fingerprint density at radius 1 is 1.31 bits per heavy atom. The molecule has 0 aliphatic carbocycles. The molecule has 1 heterocycles. The fraction of sp³-hybridized carbons (Fsp3) is 0.444. The van der Waals surface area contributed by atoms with E-state index in [-0.39, 0.29) is 17.0 Å². The minimum absolute atomic E-state index is 0. The number of aromatic nitrogens is 1. The molecule has 0 fully saturated rings. The summed E-state index contributed by atoms with van der Waals surface area (Å²) in [6.45, 7) is 1.02. The highest BCUT2D eigenvalue weighted by molar-refractivity contribution is 9.09. The molecule has 74 valence electrons. The topological polar surface area (TPSA) is 7.12 Å². The van der Waals surface area contributed by atoms with Crippen molar-refractivity contribution in [2.24, 2.45) is 0 Å². The fourth-order valence-electron chi connectivity index (χ4n) is 0.994. The molecule has 0 radical (unpaired) electrons. The van der Waals surface area contributed by atoms with Crippen LogP contribution in [0.3, 0.4) is 0 Å². The van der Waals surface area contributed by atoms with E-state index in [9.17, 15) is 0 Å². The van der Waals surface area contributed by atoms with E-state index in [4.69, 9.17) is 0 Å². The molecule has 0 aromatic carbocycles. The Morgan fingerprint density at radius 2 is 1.85 bits per heavy atom. The lowest BCUT2D eigenvalue weighted by Gasteiger charge is -2.10. The van der Waals surface area contributed by atoms with E-state index in [1.165, 1.54) is 5.69 Å². The monoisotopic (exact) mass is 308 g/mol. The number of nitrogens with zero attached hydrogens (tertiary/aromatic N) is 2. The van der Waals surface area contributed by atoms with Crippen molar-refractivity contribution >= 4 is 21.6 Å². The van der Waals surface area contributed by atoms with Crippen LogP contribution in [0.4, 0.5) is 5.69 Å². The number of aryl methyl sites for hydroxylation is 1. The van der Waals surface area contributed by atoms with Gasteiger partial charge in [-0.25, -0.2) is 4.57 Å². The van der Waals surface area contributed by atoms with Crippen LogP contribution >= 0.6 is 15.9 Å². The molecule has 1 aromatic rings. The van der Waals surface area contributed by atoms with Crippen molar-refractivity contribution in [3.05, 3.63) is 24.5 Å². The molecule has 0 unspecified atom stereocenters. The van der Waals surface area contributed by atoms with Crippen molar-refractivity contribution in [3.63, 3.8) is 0 Å².